The van der Waals surface area contributed by atoms with E-state index in [2.05, 4.69) is 24.2 Å². The maximum Gasteiger partial charge on any atom is 0.0507 e. The Balaban J connectivity index is 1.77. The minimum atomic E-state index is 0.732. The lowest BCUT2D eigenvalue weighted by atomic mass is 9.96. The average molecular weight is 212 g/mol. The van der Waals surface area contributed by atoms with E-state index in [-0.39, 0.29) is 0 Å². The van der Waals surface area contributed by atoms with Gasteiger partial charge >= 0.3 is 0 Å². The molecular weight excluding hydrogens is 188 g/mol. The van der Waals surface area contributed by atoms with Gasteiger partial charge in [0.25, 0.3) is 0 Å². The fourth-order valence-electron chi connectivity index (χ4n) is 2.81. The lowest BCUT2D eigenvalue weighted by Crippen LogP contribution is -2.48. The first-order valence-corrected chi connectivity index (χ1v) is 6.28. The normalized spacial score (nSPS) is 38.4. The third-order valence-corrected chi connectivity index (χ3v) is 3.94. The van der Waals surface area contributed by atoms with Gasteiger partial charge in [-0.2, -0.15) is 0 Å². The zero-order valence-electron chi connectivity index (χ0n) is 10.0. The van der Waals surface area contributed by atoms with Crippen molar-refractivity contribution >= 4 is 0 Å². The van der Waals surface area contributed by atoms with Crippen LogP contribution in [0.3, 0.4) is 0 Å². The molecule has 3 heteroatoms. The van der Waals surface area contributed by atoms with E-state index < -0.39 is 0 Å². The number of likely N-dealkylation sites (tertiary alicyclic amines) is 1. The molecule has 0 spiro atoms. The maximum absolute atomic E-state index is 5.44. The summed E-state index contributed by atoms with van der Waals surface area (Å²) < 4.78 is 5.44. The average Bonchev–Trinajstić information content (AvgIpc) is 2.74. The topological polar surface area (TPSA) is 24.5 Å². The summed E-state index contributed by atoms with van der Waals surface area (Å²) in [5.74, 6) is 0.790. The van der Waals surface area contributed by atoms with Crippen LogP contribution in [0.4, 0.5) is 0 Å². The molecule has 2 fully saturated rings. The molecule has 3 nitrogen and oxygen atoms in total. The van der Waals surface area contributed by atoms with Crippen molar-refractivity contribution in [1.29, 1.82) is 0 Å². The molecule has 0 aromatic carbocycles. The van der Waals surface area contributed by atoms with Crippen molar-refractivity contribution in [3.05, 3.63) is 0 Å². The molecule has 3 atom stereocenters. The van der Waals surface area contributed by atoms with Crippen molar-refractivity contribution in [3.8, 4) is 0 Å². The summed E-state index contributed by atoms with van der Waals surface area (Å²) in [6.07, 6.45) is 3.86. The van der Waals surface area contributed by atoms with E-state index in [9.17, 15) is 0 Å². The molecule has 0 bridgehead atoms. The summed E-state index contributed by atoms with van der Waals surface area (Å²) in [5.41, 5.74) is 0. The van der Waals surface area contributed by atoms with E-state index in [4.69, 9.17) is 4.74 Å². The number of nitrogens with one attached hydrogen (secondary N) is 1. The smallest absolute Gasteiger partial charge is 0.0507 e. The van der Waals surface area contributed by atoms with E-state index in [1.54, 1.807) is 0 Å². The lowest BCUT2D eigenvalue weighted by molar-refractivity contribution is 0.109. The van der Waals surface area contributed by atoms with Gasteiger partial charge in [0, 0.05) is 25.2 Å². The third-order valence-electron chi connectivity index (χ3n) is 3.94. The van der Waals surface area contributed by atoms with Crippen molar-refractivity contribution in [2.45, 2.75) is 38.3 Å². The number of rotatable bonds is 3. The van der Waals surface area contributed by atoms with Crippen LogP contribution >= 0.6 is 0 Å². The minimum absolute atomic E-state index is 0.732. The molecular formula is C12H24N2O. The van der Waals surface area contributed by atoms with E-state index in [1.165, 1.54) is 32.4 Å². The van der Waals surface area contributed by atoms with E-state index in [0.717, 1.165) is 31.2 Å². The molecule has 0 saturated carbocycles. The Hall–Kier alpha value is -0.120. The van der Waals surface area contributed by atoms with Gasteiger partial charge in [-0.15, -0.1) is 0 Å². The molecule has 88 valence electrons. The predicted octanol–water partition coefficient (Wildman–Crippen LogP) is 1.10. The Morgan fingerprint density at radius 2 is 2.27 bits per heavy atom. The van der Waals surface area contributed by atoms with Crippen LogP contribution < -0.4 is 5.32 Å². The van der Waals surface area contributed by atoms with Crippen molar-refractivity contribution < 1.29 is 4.74 Å². The van der Waals surface area contributed by atoms with Gasteiger partial charge in [0.2, 0.25) is 0 Å². The molecule has 15 heavy (non-hydrogen) atoms. The molecule has 2 aliphatic heterocycles. The Morgan fingerprint density at radius 1 is 1.40 bits per heavy atom. The van der Waals surface area contributed by atoms with Crippen molar-refractivity contribution in [1.82, 2.24) is 10.2 Å². The molecule has 0 aromatic heterocycles. The summed E-state index contributed by atoms with van der Waals surface area (Å²) in [7, 11) is 2.08. The van der Waals surface area contributed by atoms with Gasteiger partial charge in [-0.1, -0.05) is 0 Å². The van der Waals surface area contributed by atoms with Crippen LogP contribution in [0.1, 0.15) is 26.2 Å². The van der Waals surface area contributed by atoms with Gasteiger partial charge in [0.15, 0.2) is 0 Å². The molecule has 2 saturated heterocycles. The summed E-state index contributed by atoms with van der Waals surface area (Å²) in [6.45, 7) is 6.82. The first-order valence-electron chi connectivity index (χ1n) is 6.28. The summed E-state index contributed by atoms with van der Waals surface area (Å²) >= 11 is 0. The van der Waals surface area contributed by atoms with E-state index in [0.29, 0.717) is 0 Å². The number of hydrogen-bond donors (Lipinski definition) is 1. The molecule has 0 radical (unpaired) electrons. The highest BCUT2D eigenvalue weighted by Crippen LogP contribution is 2.21. The van der Waals surface area contributed by atoms with Crippen LogP contribution in [0.25, 0.3) is 0 Å². The van der Waals surface area contributed by atoms with Crippen LogP contribution in [-0.2, 0) is 4.74 Å². The van der Waals surface area contributed by atoms with Gasteiger partial charge in [0.05, 0.1) is 6.61 Å². The fourth-order valence-corrected chi connectivity index (χ4v) is 2.81. The molecule has 2 heterocycles. The van der Waals surface area contributed by atoms with Crippen LogP contribution in [-0.4, -0.2) is 50.3 Å². The Morgan fingerprint density at radius 3 is 2.87 bits per heavy atom. The molecule has 1 N–H and O–H groups in total. The van der Waals surface area contributed by atoms with Crippen LogP contribution in [0.15, 0.2) is 0 Å². The van der Waals surface area contributed by atoms with Crippen LogP contribution in [0.2, 0.25) is 0 Å². The zero-order valence-corrected chi connectivity index (χ0v) is 10.0. The highest BCUT2D eigenvalue weighted by molar-refractivity contribution is 4.83. The fraction of sp³-hybridized carbons (Fsp3) is 1.00. The van der Waals surface area contributed by atoms with Gasteiger partial charge in [-0.3, -0.25) is 0 Å². The van der Waals surface area contributed by atoms with Crippen molar-refractivity contribution in [2.24, 2.45) is 5.92 Å². The Bertz CT molecular complexity index is 192. The van der Waals surface area contributed by atoms with Gasteiger partial charge in [-0.25, -0.2) is 0 Å². The molecule has 2 rings (SSSR count). The standard InChI is InChI=1S/C12H24N2O/c1-10-7-12(13-2)3-5-14(10)8-11-4-6-15-9-11/h10-13H,3-9H2,1-2H3. The molecule has 0 amide bonds. The first kappa shape index (κ1) is 11.4. The number of piperidine rings is 1. The number of ether oxygens (including phenoxy) is 1. The number of nitrogens with zero attached hydrogens (tertiary/aromatic N) is 1. The second-order valence-electron chi connectivity index (χ2n) is 5.08. The second kappa shape index (κ2) is 5.28. The SMILES string of the molecule is CNC1CCN(CC2CCOC2)C(C)C1. The molecule has 3 unspecified atom stereocenters. The third kappa shape index (κ3) is 2.92. The zero-order chi connectivity index (χ0) is 10.7. The molecule has 0 aromatic rings. The Kier molecular flexibility index (Phi) is 4.00. The summed E-state index contributed by atoms with van der Waals surface area (Å²) in [6, 6.07) is 1.47. The highest BCUT2D eigenvalue weighted by Gasteiger charge is 2.27. The summed E-state index contributed by atoms with van der Waals surface area (Å²) in [5, 5.41) is 3.40. The largest absolute Gasteiger partial charge is 0.381 e. The number of hydrogen-bond acceptors (Lipinski definition) is 3. The van der Waals surface area contributed by atoms with Gasteiger partial charge < -0.3 is 15.0 Å². The minimum Gasteiger partial charge on any atom is -0.381 e. The second-order valence-corrected chi connectivity index (χ2v) is 5.08. The lowest BCUT2D eigenvalue weighted by Gasteiger charge is -2.38. The quantitative estimate of drug-likeness (QED) is 0.758. The molecule has 2 aliphatic rings. The monoisotopic (exact) mass is 212 g/mol. The Labute approximate surface area is 93.2 Å². The molecule has 0 aliphatic carbocycles. The maximum atomic E-state index is 5.44. The van der Waals surface area contributed by atoms with E-state index in [1.807, 2.05) is 0 Å². The van der Waals surface area contributed by atoms with Crippen LogP contribution in [0, 0.1) is 5.92 Å². The van der Waals surface area contributed by atoms with Crippen molar-refractivity contribution in [3.63, 3.8) is 0 Å². The first-order chi connectivity index (χ1) is 7.29. The van der Waals surface area contributed by atoms with Gasteiger partial charge in [-0.05, 0) is 45.7 Å². The summed E-state index contributed by atoms with van der Waals surface area (Å²) in [4.78, 5) is 2.65. The highest BCUT2D eigenvalue weighted by atomic mass is 16.5. The predicted molar refractivity (Wildman–Crippen MR) is 62.0 cm³/mol. The van der Waals surface area contributed by atoms with Crippen LogP contribution in [0.5, 0.6) is 0 Å². The van der Waals surface area contributed by atoms with Gasteiger partial charge in [0.1, 0.15) is 0 Å². The van der Waals surface area contributed by atoms with Crippen molar-refractivity contribution in [2.75, 3.05) is 33.4 Å². The van der Waals surface area contributed by atoms with E-state index >= 15 is 0 Å².